The molecule has 3 saturated carbocycles. The van der Waals surface area contributed by atoms with Gasteiger partial charge >= 0.3 is 17.9 Å². The predicted molar refractivity (Wildman–Crippen MR) is 185 cm³/mol. The number of carboxylic acid groups (broad SMARTS) is 1. The largest absolute Gasteiger partial charge is 0.480 e. The number of ether oxygens (including phenoxy) is 2. The highest BCUT2D eigenvalue weighted by Crippen LogP contribution is 2.71. The van der Waals surface area contributed by atoms with E-state index in [9.17, 15) is 59.2 Å². The highest BCUT2D eigenvalue weighted by Gasteiger charge is 2.77. The molecule has 3 fully saturated rings. The molecule has 3 N–H and O–H groups in total. The molecule has 0 aromatic heterocycles. The van der Waals surface area contributed by atoms with E-state index in [1.807, 2.05) is 0 Å². The number of aliphatic hydroxyl groups excluding tert-OH is 1. The average Bonchev–Trinajstić information content (AvgIpc) is 3.33. The first-order chi connectivity index (χ1) is 26.2. The number of aliphatic hydroxyl groups is 1. The van der Waals surface area contributed by atoms with Gasteiger partial charge < -0.3 is 34.7 Å². The number of nitrogens with zero attached hydrogens (tertiary/aromatic N) is 2. The maximum absolute atomic E-state index is 17.8. The van der Waals surface area contributed by atoms with Crippen molar-refractivity contribution in [3.05, 3.63) is 44.0 Å². The van der Waals surface area contributed by atoms with Gasteiger partial charge in [0.15, 0.2) is 23.7 Å². The van der Waals surface area contributed by atoms with Gasteiger partial charge in [-0.3, -0.25) is 24.0 Å². The van der Waals surface area contributed by atoms with E-state index in [2.05, 4.69) is 15.0 Å². The summed E-state index contributed by atoms with van der Waals surface area (Å²) >= 11 is 0. The van der Waals surface area contributed by atoms with E-state index in [0.29, 0.717) is 18.4 Å². The summed E-state index contributed by atoms with van der Waals surface area (Å²) in [7, 11) is 0. The monoisotopic (exact) mass is 797 g/mol. The number of carbonyl (C=O) groups excluding carboxylic acids is 5. The topological polar surface area (TPSA) is 278 Å². The van der Waals surface area contributed by atoms with Crippen LogP contribution in [0.4, 0.5) is 4.39 Å². The van der Waals surface area contributed by atoms with Crippen LogP contribution in [0.5, 0.6) is 0 Å². The second-order valence-electron chi connectivity index (χ2n) is 15.4. The Balaban J connectivity index is 1.53. The van der Waals surface area contributed by atoms with Gasteiger partial charge in [-0.15, -0.1) is 20.2 Å². The smallest absolute Gasteiger partial charge is 0.326 e. The number of fused-ring (bicyclic) bond motifs is 5. The summed E-state index contributed by atoms with van der Waals surface area (Å²) in [6.45, 7) is 3.18. The number of halogens is 1. The number of hydrogen-bond donors (Lipinski definition) is 3. The van der Waals surface area contributed by atoms with Crippen molar-refractivity contribution in [2.45, 2.75) is 115 Å². The van der Waals surface area contributed by atoms with E-state index in [-0.39, 0.29) is 57.3 Å². The molecule has 0 saturated heterocycles. The van der Waals surface area contributed by atoms with Crippen molar-refractivity contribution in [1.29, 1.82) is 0 Å². The fraction of sp³-hybridized carbons (Fsp3) is 0.722. The molecular formula is C36H48FN3O16. The van der Waals surface area contributed by atoms with Gasteiger partial charge in [0.25, 0.3) is 10.2 Å². The second-order valence-corrected chi connectivity index (χ2v) is 15.4. The lowest BCUT2D eigenvalue weighted by Gasteiger charge is -2.62. The number of esters is 2. The van der Waals surface area contributed by atoms with Gasteiger partial charge in [0.05, 0.1) is 25.7 Å². The summed E-state index contributed by atoms with van der Waals surface area (Å²) < 4.78 is 29.0. The molecule has 3 unspecified atom stereocenters. The SMILES string of the molecule is C[C@H]1CC2C3CCC4=CC(=O)C=C[C@]4(C)[C@@]3(F)[C@@H](O)C[C@]2(C)[C@@]1(OC(=O)CCCO[N+](=O)[O-])C(=O)COC(=O)CC(NC(=O)CCCCCO[N+](=O)[O-])C(=O)O. The molecule has 9 atom stereocenters. The number of alkyl halides is 1. The predicted octanol–water partition coefficient (Wildman–Crippen LogP) is 2.71. The van der Waals surface area contributed by atoms with Gasteiger partial charge in [-0.1, -0.05) is 31.9 Å². The van der Waals surface area contributed by atoms with Crippen molar-refractivity contribution in [1.82, 2.24) is 5.32 Å². The molecule has 4 rings (SSSR count). The standard InChI is InChI=1S/C36H48FN3O16/c1-21-16-25-24-11-10-22-17-23(41)12-13-33(22,2)35(24,37)27(42)19-34(25,3)36(21,56-30(45)9-7-15-55-40(51)52)28(43)20-53-31(46)18-26(32(47)48)38-29(44)8-5-4-6-14-54-39(49)50/h12-13,17,21,24-27,42H,4-11,14-16,18-20H2,1-3H3,(H,38,44)(H,47,48)/t21-,24?,25?,26?,27-,33-,34-,35-,36-/m0/s1. The average molecular weight is 798 g/mol. The van der Waals surface area contributed by atoms with E-state index >= 15 is 4.39 Å². The van der Waals surface area contributed by atoms with Crippen LogP contribution in [-0.4, -0.2) is 99.0 Å². The molecule has 56 heavy (non-hydrogen) atoms. The minimum Gasteiger partial charge on any atom is -0.480 e. The molecule has 0 spiro atoms. The second kappa shape index (κ2) is 17.4. The minimum absolute atomic E-state index is 0.143. The van der Waals surface area contributed by atoms with Crippen molar-refractivity contribution >= 4 is 35.4 Å². The lowest BCUT2D eigenvalue weighted by molar-refractivity contribution is -0.757. The number of rotatable bonds is 20. The van der Waals surface area contributed by atoms with Crippen LogP contribution in [0.15, 0.2) is 23.8 Å². The first-order valence-electron chi connectivity index (χ1n) is 18.5. The Morgan fingerprint density at radius 3 is 2.30 bits per heavy atom. The first-order valence-corrected chi connectivity index (χ1v) is 18.5. The van der Waals surface area contributed by atoms with Crippen molar-refractivity contribution in [2.24, 2.45) is 28.6 Å². The Bertz CT molecular complexity index is 1670. The zero-order valence-electron chi connectivity index (χ0n) is 31.4. The lowest BCUT2D eigenvalue weighted by Crippen LogP contribution is -2.70. The van der Waals surface area contributed by atoms with Crippen LogP contribution in [0, 0.1) is 48.8 Å². The third kappa shape index (κ3) is 8.53. The fourth-order valence-corrected chi connectivity index (χ4v) is 9.63. The third-order valence-electron chi connectivity index (χ3n) is 12.2. The van der Waals surface area contributed by atoms with Gasteiger partial charge in [-0.2, -0.15) is 0 Å². The van der Waals surface area contributed by atoms with Crippen molar-refractivity contribution in [2.75, 3.05) is 19.8 Å². The summed E-state index contributed by atoms with van der Waals surface area (Å²) in [5.74, 6) is -8.05. The summed E-state index contributed by atoms with van der Waals surface area (Å²) in [6.07, 6.45) is 1.92. The van der Waals surface area contributed by atoms with Crippen LogP contribution in [0.2, 0.25) is 0 Å². The molecule has 1 amide bonds. The van der Waals surface area contributed by atoms with Gasteiger partial charge in [0.1, 0.15) is 6.04 Å². The number of carbonyl (C=O) groups is 6. The van der Waals surface area contributed by atoms with Crippen LogP contribution < -0.4 is 5.32 Å². The number of aliphatic carboxylic acids is 1. The van der Waals surface area contributed by atoms with E-state index in [1.54, 1.807) is 20.8 Å². The summed E-state index contributed by atoms with van der Waals surface area (Å²) in [5, 5.41) is 42.5. The van der Waals surface area contributed by atoms with Crippen molar-refractivity contribution < 1.29 is 72.7 Å². The summed E-state index contributed by atoms with van der Waals surface area (Å²) in [5.41, 5.74) is -6.65. The van der Waals surface area contributed by atoms with Crippen molar-refractivity contribution in [3.8, 4) is 0 Å². The fourth-order valence-electron chi connectivity index (χ4n) is 9.63. The Labute approximate surface area is 320 Å². The molecule has 0 aromatic carbocycles. The van der Waals surface area contributed by atoms with E-state index < -0.39 is 118 Å². The number of allylic oxidation sites excluding steroid dienone is 4. The third-order valence-corrected chi connectivity index (χ3v) is 12.2. The zero-order chi connectivity index (χ0) is 41.6. The zero-order valence-corrected chi connectivity index (χ0v) is 31.4. The quantitative estimate of drug-likeness (QED) is 0.0691. The van der Waals surface area contributed by atoms with Crippen LogP contribution in [0.1, 0.15) is 91.4 Å². The van der Waals surface area contributed by atoms with E-state index in [0.717, 1.165) is 0 Å². The Hall–Kier alpha value is -5.01. The Morgan fingerprint density at radius 1 is 1.00 bits per heavy atom. The maximum atomic E-state index is 17.8. The molecule has 310 valence electrons. The summed E-state index contributed by atoms with van der Waals surface area (Å²) in [4.78, 5) is 107. The molecule has 0 aliphatic heterocycles. The van der Waals surface area contributed by atoms with E-state index in [4.69, 9.17) is 9.47 Å². The molecule has 0 bridgehead atoms. The van der Waals surface area contributed by atoms with Crippen LogP contribution in [0.3, 0.4) is 0 Å². The van der Waals surface area contributed by atoms with E-state index in [1.165, 1.54) is 18.2 Å². The molecule has 4 aliphatic rings. The normalized spacial score (nSPS) is 32.0. The number of hydrogen-bond acceptors (Lipinski definition) is 15. The van der Waals surface area contributed by atoms with Gasteiger partial charge in [0, 0.05) is 35.5 Å². The van der Waals surface area contributed by atoms with Crippen molar-refractivity contribution in [3.63, 3.8) is 0 Å². The molecular weight excluding hydrogens is 749 g/mol. The van der Waals surface area contributed by atoms with Crippen LogP contribution in [0.25, 0.3) is 0 Å². The van der Waals surface area contributed by atoms with Gasteiger partial charge in [-0.25, -0.2) is 9.18 Å². The maximum Gasteiger partial charge on any atom is 0.326 e. The van der Waals surface area contributed by atoms with Crippen LogP contribution in [-0.2, 0) is 47.9 Å². The molecule has 0 heterocycles. The number of Topliss-reactive ketones (excluding diaryl/α,β-unsaturated/α-hetero) is 1. The van der Waals surface area contributed by atoms with Crippen LogP contribution >= 0.6 is 0 Å². The number of ketones is 2. The Kier molecular flexibility index (Phi) is 13.6. The van der Waals surface area contributed by atoms with Gasteiger partial charge in [-0.05, 0) is 69.9 Å². The molecule has 0 aromatic rings. The highest BCUT2D eigenvalue weighted by atomic mass is 19.1. The lowest BCUT2D eigenvalue weighted by atomic mass is 9.44. The first kappa shape index (κ1) is 43.7. The van der Waals surface area contributed by atoms with Gasteiger partial charge in [0.2, 0.25) is 11.7 Å². The molecule has 4 aliphatic carbocycles. The highest BCUT2D eigenvalue weighted by molar-refractivity contribution is 6.01. The number of nitrogens with one attached hydrogen (secondary N) is 1. The number of amides is 1. The molecule has 19 nitrogen and oxygen atoms in total. The summed E-state index contributed by atoms with van der Waals surface area (Å²) in [6, 6.07) is -1.75. The Morgan fingerprint density at radius 2 is 1.66 bits per heavy atom. The molecule has 0 radical (unpaired) electrons. The number of carboxylic acids is 1. The minimum atomic E-state index is -2.28. The number of unbranched alkanes of at least 4 members (excludes halogenated alkanes) is 2. The molecule has 20 heteroatoms.